The molecule has 0 radical (unpaired) electrons. The molecule has 0 saturated heterocycles. The Bertz CT molecular complexity index is 477. The molecule has 19 heavy (non-hydrogen) atoms. The number of aryl methyl sites for hydroxylation is 1. The van der Waals surface area contributed by atoms with E-state index >= 15 is 0 Å². The summed E-state index contributed by atoms with van der Waals surface area (Å²) in [5.41, 5.74) is 2.16. The van der Waals surface area contributed by atoms with Gasteiger partial charge in [-0.15, -0.1) is 0 Å². The number of hydrogen-bond donors (Lipinski definition) is 0. The van der Waals surface area contributed by atoms with Crippen molar-refractivity contribution in [2.24, 2.45) is 4.99 Å². The summed E-state index contributed by atoms with van der Waals surface area (Å²) in [5.74, 6) is 0.630. The summed E-state index contributed by atoms with van der Waals surface area (Å²) in [4.78, 5) is 15.7. The summed E-state index contributed by atoms with van der Waals surface area (Å²) in [7, 11) is 1.65. The van der Waals surface area contributed by atoms with Crippen molar-refractivity contribution in [1.82, 2.24) is 0 Å². The molecule has 1 heterocycles. The maximum absolute atomic E-state index is 11.6. The topological polar surface area (TPSA) is 47.9 Å². The van der Waals surface area contributed by atoms with E-state index in [0.717, 1.165) is 24.3 Å². The molecule has 1 aromatic carbocycles. The van der Waals surface area contributed by atoms with Crippen LogP contribution in [0.5, 0.6) is 5.75 Å². The first-order valence-corrected chi connectivity index (χ1v) is 6.50. The number of esters is 1. The number of aliphatic imine (C=N–C) groups is 1. The molecule has 1 aliphatic rings. The molecule has 0 fully saturated rings. The molecule has 1 aromatic rings. The minimum absolute atomic E-state index is 0.0776. The van der Waals surface area contributed by atoms with Crippen molar-refractivity contribution < 1.29 is 14.3 Å². The zero-order valence-corrected chi connectivity index (χ0v) is 11.6. The Morgan fingerprint density at radius 3 is 2.53 bits per heavy atom. The fraction of sp³-hybridized carbons (Fsp3) is 0.467. The van der Waals surface area contributed by atoms with Gasteiger partial charge in [-0.3, -0.25) is 4.99 Å². The van der Waals surface area contributed by atoms with Gasteiger partial charge in [0.25, 0.3) is 0 Å². The average molecular weight is 261 g/mol. The van der Waals surface area contributed by atoms with Gasteiger partial charge in [-0.05, 0) is 44.4 Å². The van der Waals surface area contributed by atoms with Crippen LogP contribution in [0.2, 0.25) is 0 Å². The number of methoxy groups -OCH3 is 1. The first kappa shape index (κ1) is 13.6. The van der Waals surface area contributed by atoms with Gasteiger partial charge in [-0.1, -0.05) is 12.1 Å². The van der Waals surface area contributed by atoms with E-state index in [2.05, 4.69) is 4.99 Å². The van der Waals surface area contributed by atoms with E-state index < -0.39 is 0 Å². The highest BCUT2D eigenvalue weighted by Crippen LogP contribution is 2.20. The number of carbonyl (C=O) groups is 1. The van der Waals surface area contributed by atoms with Crippen molar-refractivity contribution in [3.8, 4) is 5.75 Å². The lowest BCUT2D eigenvalue weighted by Gasteiger charge is -2.06. The summed E-state index contributed by atoms with van der Waals surface area (Å²) in [6.07, 6.45) is 1.62. The van der Waals surface area contributed by atoms with E-state index in [0.29, 0.717) is 0 Å². The van der Waals surface area contributed by atoms with Gasteiger partial charge in [0.15, 0.2) is 6.04 Å². The van der Waals surface area contributed by atoms with Gasteiger partial charge >= 0.3 is 5.97 Å². The fourth-order valence-corrected chi connectivity index (χ4v) is 1.88. The highest BCUT2D eigenvalue weighted by molar-refractivity contribution is 6.16. The molecule has 0 amide bonds. The smallest absolute Gasteiger partial charge is 0.337 e. The van der Waals surface area contributed by atoms with Crippen LogP contribution in [0.1, 0.15) is 25.8 Å². The molecule has 4 nitrogen and oxygen atoms in total. The number of ether oxygens (including phenoxy) is 2. The van der Waals surface area contributed by atoms with Crippen molar-refractivity contribution in [3.05, 3.63) is 29.8 Å². The molecule has 0 N–H and O–H groups in total. The zero-order valence-electron chi connectivity index (χ0n) is 11.6. The quantitative estimate of drug-likeness (QED) is 0.739. The first-order chi connectivity index (χ1) is 9.10. The number of nitrogens with zero attached hydrogens (tertiary/aromatic N) is 1. The standard InChI is InChI=1S/C15H19NO3/c1-10(2)19-15(17)14-13(16-14)9-6-11-4-7-12(18-3)8-5-11/h4-5,7-8,10,14H,6,9H2,1-3H3. The van der Waals surface area contributed by atoms with E-state index in [4.69, 9.17) is 9.47 Å². The van der Waals surface area contributed by atoms with Crippen LogP contribution in [0.3, 0.4) is 0 Å². The van der Waals surface area contributed by atoms with Crippen molar-refractivity contribution in [3.63, 3.8) is 0 Å². The van der Waals surface area contributed by atoms with Crippen LogP contribution in [0, 0.1) is 0 Å². The van der Waals surface area contributed by atoms with E-state index in [1.54, 1.807) is 7.11 Å². The molecule has 1 atom stereocenters. The van der Waals surface area contributed by atoms with Crippen molar-refractivity contribution in [2.75, 3.05) is 7.11 Å². The maximum atomic E-state index is 11.6. The molecule has 0 saturated carbocycles. The Morgan fingerprint density at radius 1 is 1.26 bits per heavy atom. The monoisotopic (exact) mass is 261 g/mol. The minimum atomic E-state index is -0.319. The maximum Gasteiger partial charge on any atom is 0.337 e. The zero-order chi connectivity index (χ0) is 13.8. The van der Waals surface area contributed by atoms with Crippen LogP contribution in [0.25, 0.3) is 0 Å². The van der Waals surface area contributed by atoms with Gasteiger partial charge in [0.1, 0.15) is 5.75 Å². The van der Waals surface area contributed by atoms with Gasteiger partial charge < -0.3 is 9.47 Å². The molecule has 1 aliphatic heterocycles. The highest BCUT2D eigenvalue weighted by Gasteiger charge is 2.35. The lowest BCUT2D eigenvalue weighted by Crippen LogP contribution is -2.20. The van der Waals surface area contributed by atoms with Crippen LogP contribution in [0.4, 0.5) is 0 Å². The Balaban J connectivity index is 1.75. The number of hydrogen-bond acceptors (Lipinski definition) is 4. The molecule has 4 heteroatoms. The Kier molecular flexibility index (Phi) is 4.20. The average Bonchev–Trinajstić information content (AvgIpc) is 3.16. The number of benzene rings is 1. The fourth-order valence-electron chi connectivity index (χ4n) is 1.88. The number of carbonyl (C=O) groups excluding carboxylic acids is 1. The van der Waals surface area contributed by atoms with Crippen LogP contribution in [0.15, 0.2) is 29.3 Å². The molecular formula is C15H19NO3. The molecule has 1 unspecified atom stereocenters. The van der Waals surface area contributed by atoms with E-state index in [1.165, 1.54) is 5.56 Å². The lowest BCUT2D eigenvalue weighted by molar-refractivity contribution is -0.146. The van der Waals surface area contributed by atoms with Crippen LogP contribution < -0.4 is 4.74 Å². The van der Waals surface area contributed by atoms with Gasteiger partial charge in [0.05, 0.1) is 18.9 Å². The third-order valence-electron chi connectivity index (χ3n) is 2.95. The number of rotatable bonds is 6. The Morgan fingerprint density at radius 2 is 1.95 bits per heavy atom. The van der Waals surface area contributed by atoms with E-state index in [9.17, 15) is 4.79 Å². The summed E-state index contributed by atoms with van der Waals surface area (Å²) in [6.45, 7) is 3.69. The SMILES string of the molecule is COc1ccc(CCC2=NC2C(=O)OC(C)C)cc1. The summed E-state index contributed by atoms with van der Waals surface area (Å²) in [6, 6.07) is 7.62. The third kappa shape index (κ3) is 3.81. The normalized spacial score (nSPS) is 17.1. The second-order valence-electron chi connectivity index (χ2n) is 4.86. The van der Waals surface area contributed by atoms with Crippen molar-refractivity contribution in [2.45, 2.75) is 38.8 Å². The van der Waals surface area contributed by atoms with Crippen molar-refractivity contribution >= 4 is 11.7 Å². The van der Waals surface area contributed by atoms with Crippen LogP contribution in [-0.2, 0) is 16.0 Å². The van der Waals surface area contributed by atoms with Gasteiger partial charge in [-0.25, -0.2) is 4.79 Å². The van der Waals surface area contributed by atoms with Gasteiger partial charge in [-0.2, -0.15) is 0 Å². The predicted octanol–water partition coefficient (Wildman–Crippen LogP) is 2.40. The third-order valence-corrected chi connectivity index (χ3v) is 2.95. The lowest BCUT2D eigenvalue weighted by atomic mass is 10.1. The van der Waals surface area contributed by atoms with Crippen LogP contribution >= 0.6 is 0 Å². The summed E-state index contributed by atoms with van der Waals surface area (Å²) in [5, 5.41) is 0. The molecule has 2 rings (SSSR count). The van der Waals surface area contributed by atoms with Gasteiger partial charge in [0.2, 0.25) is 0 Å². The molecule has 102 valence electrons. The minimum Gasteiger partial charge on any atom is -0.497 e. The van der Waals surface area contributed by atoms with Crippen molar-refractivity contribution in [1.29, 1.82) is 0 Å². The molecular weight excluding hydrogens is 242 g/mol. The second-order valence-corrected chi connectivity index (χ2v) is 4.86. The second kappa shape index (κ2) is 5.87. The largest absolute Gasteiger partial charge is 0.497 e. The van der Waals surface area contributed by atoms with Gasteiger partial charge in [0, 0.05) is 0 Å². The van der Waals surface area contributed by atoms with Crippen LogP contribution in [-0.4, -0.2) is 30.9 Å². The Labute approximate surface area is 113 Å². The molecule has 0 spiro atoms. The first-order valence-electron chi connectivity index (χ1n) is 6.50. The van der Waals surface area contributed by atoms with E-state index in [-0.39, 0.29) is 18.1 Å². The van der Waals surface area contributed by atoms with E-state index in [1.807, 2.05) is 38.1 Å². The molecule has 0 aliphatic carbocycles. The highest BCUT2D eigenvalue weighted by atomic mass is 16.5. The molecule has 0 aromatic heterocycles. The predicted molar refractivity (Wildman–Crippen MR) is 73.8 cm³/mol. The molecule has 0 bridgehead atoms. The summed E-state index contributed by atoms with van der Waals surface area (Å²) >= 11 is 0. The summed E-state index contributed by atoms with van der Waals surface area (Å²) < 4.78 is 10.2. The Hall–Kier alpha value is -1.84.